The molecule has 3 aromatic rings. The number of benzene rings is 3. The number of rotatable bonds is 7. The molecule has 3 aromatic carbocycles. The van der Waals surface area contributed by atoms with Crippen molar-refractivity contribution in [1.82, 2.24) is 0 Å². The fourth-order valence-corrected chi connectivity index (χ4v) is 4.97. The summed E-state index contributed by atoms with van der Waals surface area (Å²) in [5.41, 5.74) is 0.247. The summed E-state index contributed by atoms with van der Waals surface area (Å²) in [6, 6.07) is 21.2. The Kier molecular flexibility index (Phi) is 6.84. The number of hydrogen-bond donors (Lipinski definition) is 0. The lowest BCUT2D eigenvalue weighted by atomic mass is 10.3. The average Bonchev–Trinajstić information content (AvgIpc) is 2.74. The smallest absolute Gasteiger partial charge is 0.270 e. The zero-order valence-electron chi connectivity index (χ0n) is 15.5. The quantitative estimate of drug-likeness (QED) is 0.484. The van der Waals surface area contributed by atoms with Gasteiger partial charge >= 0.3 is 0 Å². The highest BCUT2D eigenvalue weighted by Crippen LogP contribution is 2.28. The van der Waals surface area contributed by atoms with E-state index < -0.39 is 15.9 Å². The third kappa shape index (κ3) is 5.12. The van der Waals surface area contributed by atoms with Crippen LogP contribution >= 0.6 is 23.4 Å². The van der Waals surface area contributed by atoms with Gasteiger partial charge in [-0.1, -0.05) is 29.8 Å². The first-order chi connectivity index (χ1) is 13.9. The van der Waals surface area contributed by atoms with E-state index in [4.69, 9.17) is 16.3 Å². The van der Waals surface area contributed by atoms with Crippen LogP contribution in [-0.4, -0.2) is 27.2 Å². The molecular formula is C21H18ClNO4S2. The van der Waals surface area contributed by atoms with Crippen molar-refractivity contribution in [1.29, 1.82) is 0 Å². The van der Waals surface area contributed by atoms with Crippen molar-refractivity contribution in [3.63, 3.8) is 0 Å². The van der Waals surface area contributed by atoms with Crippen molar-refractivity contribution < 1.29 is 17.9 Å². The molecular weight excluding hydrogens is 430 g/mol. The van der Waals surface area contributed by atoms with Gasteiger partial charge in [0, 0.05) is 9.92 Å². The van der Waals surface area contributed by atoms with E-state index >= 15 is 0 Å². The number of amides is 1. The summed E-state index contributed by atoms with van der Waals surface area (Å²) in [5, 5.41) is 0.590. The molecule has 0 saturated heterocycles. The first-order valence-corrected chi connectivity index (χ1v) is 11.4. The lowest BCUT2D eigenvalue weighted by molar-refractivity contribution is -0.115. The summed E-state index contributed by atoms with van der Waals surface area (Å²) < 4.78 is 32.4. The molecule has 0 radical (unpaired) electrons. The fourth-order valence-electron chi connectivity index (χ4n) is 2.57. The van der Waals surface area contributed by atoms with Gasteiger partial charge in [0.15, 0.2) is 0 Å². The van der Waals surface area contributed by atoms with E-state index in [-0.39, 0.29) is 16.3 Å². The van der Waals surface area contributed by atoms with E-state index in [9.17, 15) is 13.2 Å². The Morgan fingerprint density at radius 3 is 2.17 bits per heavy atom. The number of carbonyl (C=O) groups excluding carboxylic acids is 1. The minimum absolute atomic E-state index is 0.0423. The zero-order valence-corrected chi connectivity index (χ0v) is 17.9. The van der Waals surface area contributed by atoms with Gasteiger partial charge in [-0.25, -0.2) is 12.7 Å². The number of hydrogen-bond acceptors (Lipinski definition) is 5. The van der Waals surface area contributed by atoms with Crippen LogP contribution in [0.25, 0.3) is 0 Å². The first kappa shape index (κ1) is 21.2. The lowest BCUT2D eigenvalue weighted by Gasteiger charge is -2.23. The van der Waals surface area contributed by atoms with Gasteiger partial charge in [-0.3, -0.25) is 4.79 Å². The molecule has 0 aliphatic carbocycles. The average molecular weight is 448 g/mol. The normalized spacial score (nSPS) is 11.1. The van der Waals surface area contributed by atoms with Gasteiger partial charge < -0.3 is 4.74 Å². The Morgan fingerprint density at radius 1 is 0.966 bits per heavy atom. The maximum atomic E-state index is 13.2. The second kappa shape index (κ2) is 9.35. The van der Waals surface area contributed by atoms with Crippen LogP contribution in [0.15, 0.2) is 88.7 Å². The minimum Gasteiger partial charge on any atom is -0.497 e. The Balaban J connectivity index is 1.93. The van der Waals surface area contributed by atoms with Crippen LogP contribution in [0.4, 0.5) is 5.69 Å². The molecule has 0 spiro atoms. The van der Waals surface area contributed by atoms with Crippen molar-refractivity contribution in [2.75, 3.05) is 17.2 Å². The van der Waals surface area contributed by atoms with Crippen molar-refractivity contribution in [2.24, 2.45) is 0 Å². The molecule has 0 aromatic heterocycles. The van der Waals surface area contributed by atoms with Crippen molar-refractivity contribution in [3.05, 3.63) is 83.9 Å². The van der Waals surface area contributed by atoms with Crippen LogP contribution in [-0.2, 0) is 14.8 Å². The molecule has 5 nitrogen and oxygen atoms in total. The molecule has 1 amide bonds. The first-order valence-electron chi connectivity index (χ1n) is 8.57. The number of ether oxygens (including phenoxy) is 1. The van der Waals surface area contributed by atoms with Gasteiger partial charge in [0.25, 0.3) is 15.9 Å². The molecule has 150 valence electrons. The van der Waals surface area contributed by atoms with Gasteiger partial charge in [0.05, 0.1) is 23.4 Å². The van der Waals surface area contributed by atoms with Crippen LogP contribution in [0.1, 0.15) is 0 Å². The van der Waals surface area contributed by atoms with Gasteiger partial charge in [0.1, 0.15) is 5.75 Å². The Bertz CT molecular complexity index is 1070. The third-order valence-corrected chi connectivity index (χ3v) is 7.00. The Morgan fingerprint density at radius 2 is 1.59 bits per heavy atom. The summed E-state index contributed by atoms with van der Waals surface area (Å²) in [6.45, 7) is 0. The van der Waals surface area contributed by atoms with Gasteiger partial charge in [-0.05, 0) is 60.7 Å². The summed E-state index contributed by atoms with van der Waals surface area (Å²) in [6.07, 6.45) is 0. The number of anilines is 1. The summed E-state index contributed by atoms with van der Waals surface area (Å²) >= 11 is 7.12. The second-order valence-corrected chi connectivity index (χ2v) is 9.19. The van der Waals surface area contributed by atoms with E-state index in [0.717, 1.165) is 9.20 Å². The Hall–Kier alpha value is -2.48. The molecule has 8 heteroatoms. The van der Waals surface area contributed by atoms with Crippen LogP contribution < -0.4 is 9.04 Å². The number of nitrogens with zero attached hydrogens (tertiary/aromatic N) is 1. The zero-order chi connectivity index (χ0) is 20.9. The highest BCUT2D eigenvalue weighted by atomic mass is 35.5. The largest absolute Gasteiger partial charge is 0.497 e. The minimum atomic E-state index is -4.08. The van der Waals surface area contributed by atoms with Crippen molar-refractivity contribution in [2.45, 2.75) is 9.79 Å². The molecule has 3 rings (SSSR count). The molecule has 0 bridgehead atoms. The maximum absolute atomic E-state index is 13.2. The van der Waals surface area contributed by atoms with Crippen LogP contribution in [0.2, 0.25) is 5.02 Å². The predicted molar refractivity (Wildman–Crippen MR) is 116 cm³/mol. The van der Waals surface area contributed by atoms with E-state index in [1.807, 2.05) is 0 Å². The van der Waals surface area contributed by atoms with Crippen LogP contribution in [0.5, 0.6) is 5.75 Å². The number of sulfonamides is 1. The fraction of sp³-hybridized carbons (Fsp3) is 0.0952. The third-order valence-electron chi connectivity index (χ3n) is 3.99. The lowest BCUT2D eigenvalue weighted by Crippen LogP contribution is -2.38. The Labute approximate surface area is 179 Å². The second-order valence-electron chi connectivity index (χ2n) is 5.92. The van der Waals surface area contributed by atoms with E-state index in [1.54, 1.807) is 66.7 Å². The van der Waals surface area contributed by atoms with Crippen molar-refractivity contribution >= 4 is 45.0 Å². The predicted octanol–water partition coefficient (Wildman–Crippen LogP) is 4.86. The monoisotopic (exact) mass is 447 g/mol. The highest BCUT2D eigenvalue weighted by Gasteiger charge is 2.30. The molecule has 0 heterocycles. The van der Waals surface area contributed by atoms with E-state index in [0.29, 0.717) is 10.8 Å². The number of carbonyl (C=O) groups is 1. The molecule has 0 fully saturated rings. The number of halogens is 1. The molecule has 0 N–H and O–H groups in total. The maximum Gasteiger partial charge on any atom is 0.270 e. The standard InChI is InChI=1S/C21H18ClNO4S2/c1-27-18-11-9-17(10-12-18)23(29(25,26)20-5-3-2-4-6-20)21(24)15-28-19-13-7-16(22)8-14-19/h2-14H,15H2,1H3. The van der Waals surface area contributed by atoms with Gasteiger partial charge in [-0.15, -0.1) is 11.8 Å². The molecule has 29 heavy (non-hydrogen) atoms. The summed E-state index contributed by atoms with van der Waals surface area (Å²) in [5.74, 6) is -0.0486. The van der Waals surface area contributed by atoms with Gasteiger partial charge in [0.2, 0.25) is 0 Å². The number of thioether (sulfide) groups is 1. The van der Waals surface area contributed by atoms with Crippen molar-refractivity contribution in [3.8, 4) is 5.75 Å². The molecule has 0 aliphatic rings. The summed E-state index contributed by atoms with van der Waals surface area (Å²) in [4.78, 5) is 13.9. The number of methoxy groups -OCH3 is 1. The van der Waals surface area contributed by atoms with Gasteiger partial charge in [-0.2, -0.15) is 0 Å². The summed E-state index contributed by atoms with van der Waals surface area (Å²) in [7, 11) is -2.56. The topological polar surface area (TPSA) is 63.7 Å². The molecule has 0 aliphatic heterocycles. The highest BCUT2D eigenvalue weighted by molar-refractivity contribution is 8.00. The molecule has 0 atom stereocenters. The molecule has 0 saturated carbocycles. The van der Waals surface area contributed by atoms with Crippen LogP contribution in [0, 0.1) is 0 Å². The molecule has 0 unspecified atom stereocenters. The van der Waals surface area contributed by atoms with Crippen LogP contribution in [0.3, 0.4) is 0 Å². The SMILES string of the molecule is COc1ccc(N(C(=O)CSc2ccc(Cl)cc2)S(=O)(=O)c2ccccc2)cc1. The van der Waals surface area contributed by atoms with E-state index in [2.05, 4.69) is 0 Å². The van der Waals surface area contributed by atoms with E-state index in [1.165, 1.54) is 31.0 Å².